The molecule has 1 amide bonds. The number of para-hydroxylation sites is 2. The summed E-state index contributed by atoms with van der Waals surface area (Å²) in [5.41, 5.74) is 7.81. The lowest BCUT2D eigenvalue weighted by molar-refractivity contribution is -0.117. The predicted octanol–water partition coefficient (Wildman–Crippen LogP) is 6.06. The van der Waals surface area contributed by atoms with Gasteiger partial charge in [-0.2, -0.15) is 5.10 Å². The van der Waals surface area contributed by atoms with E-state index in [2.05, 4.69) is 22.7 Å². The Bertz CT molecular complexity index is 1310. The van der Waals surface area contributed by atoms with Crippen LogP contribution in [0.1, 0.15) is 11.1 Å². The fourth-order valence-corrected chi connectivity index (χ4v) is 5.09. The maximum atomic E-state index is 13.5. The van der Waals surface area contributed by atoms with Crippen LogP contribution in [0.3, 0.4) is 0 Å². The van der Waals surface area contributed by atoms with E-state index in [1.165, 1.54) is 0 Å². The molecule has 1 aliphatic heterocycles. The van der Waals surface area contributed by atoms with Crippen LogP contribution < -0.4 is 15.1 Å². The number of ether oxygens (including phenoxy) is 1. The first-order valence-corrected chi connectivity index (χ1v) is 12.2. The van der Waals surface area contributed by atoms with E-state index < -0.39 is 0 Å². The Morgan fingerprint density at radius 2 is 1.43 bits per heavy atom. The number of hydrogen-bond acceptors (Lipinski definition) is 5. The van der Waals surface area contributed by atoms with Crippen LogP contribution in [-0.4, -0.2) is 25.3 Å². The summed E-state index contributed by atoms with van der Waals surface area (Å²) in [7, 11) is 1.65. The van der Waals surface area contributed by atoms with Gasteiger partial charge in [-0.3, -0.25) is 9.69 Å². The zero-order chi connectivity index (χ0) is 24.0. The number of carbonyl (C=O) groups is 1. The fraction of sp³-hybridized carbons (Fsp3) is 0.103. The van der Waals surface area contributed by atoms with Crippen LogP contribution in [-0.2, 0) is 11.2 Å². The van der Waals surface area contributed by atoms with Gasteiger partial charge in [0.15, 0.2) is 0 Å². The van der Waals surface area contributed by atoms with Gasteiger partial charge >= 0.3 is 0 Å². The third kappa shape index (κ3) is 5.08. The van der Waals surface area contributed by atoms with Crippen molar-refractivity contribution in [2.24, 2.45) is 5.10 Å². The number of hydrazone groups is 1. The zero-order valence-electron chi connectivity index (χ0n) is 19.3. The van der Waals surface area contributed by atoms with E-state index in [-0.39, 0.29) is 12.5 Å². The highest BCUT2D eigenvalue weighted by Gasteiger charge is 2.27. The number of nitrogens with zero attached hydrogens (tertiary/aromatic N) is 2. The van der Waals surface area contributed by atoms with Gasteiger partial charge in [-0.25, -0.2) is 0 Å². The molecule has 1 heterocycles. The lowest BCUT2D eigenvalue weighted by Crippen LogP contribution is -2.35. The number of fused-ring (bicyclic) bond motifs is 2. The van der Waals surface area contributed by atoms with Gasteiger partial charge < -0.3 is 10.2 Å². The molecule has 0 saturated carbocycles. The van der Waals surface area contributed by atoms with Crippen molar-refractivity contribution in [3.05, 3.63) is 114 Å². The molecule has 5 rings (SSSR count). The molecular formula is C29H25N3O2S. The minimum atomic E-state index is -0.0669. The van der Waals surface area contributed by atoms with Gasteiger partial charge in [0.05, 0.1) is 24.2 Å². The molecule has 4 aromatic rings. The summed E-state index contributed by atoms with van der Waals surface area (Å²) in [5, 5.41) is 4.66. The monoisotopic (exact) mass is 479 g/mol. The van der Waals surface area contributed by atoms with Crippen molar-refractivity contribution < 1.29 is 9.53 Å². The summed E-state index contributed by atoms with van der Waals surface area (Å²) in [6.07, 6.45) is 0.639. The summed E-state index contributed by atoms with van der Waals surface area (Å²) in [6, 6.07) is 33.9. The van der Waals surface area contributed by atoms with E-state index in [1.54, 1.807) is 23.8 Å². The Morgan fingerprint density at radius 3 is 2.06 bits per heavy atom. The SMILES string of the molecule is COc1ccc(/C(Cc2ccccc2)=N/NCC(=O)N2c3ccccc3Sc3ccccc32)cc1. The quantitative estimate of drug-likeness (QED) is 0.259. The van der Waals surface area contributed by atoms with Crippen molar-refractivity contribution in [2.75, 3.05) is 18.6 Å². The minimum Gasteiger partial charge on any atom is -0.497 e. The van der Waals surface area contributed by atoms with E-state index in [9.17, 15) is 4.79 Å². The number of anilines is 2. The molecule has 0 radical (unpaired) electrons. The van der Waals surface area contributed by atoms with Gasteiger partial charge in [0.2, 0.25) is 0 Å². The molecule has 6 heteroatoms. The Kier molecular flexibility index (Phi) is 6.82. The topological polar surface area (TPSA) is 53.9 Å². The second-order valence-electron chi connectivity index (χ2n) is 8.05. The second-order valence-corrected chi connectivity index (χ2v) is 9.13. The molecule has 5 nitrogen and oxygen atoms in total. The fourth-order valence-electron chi connectivity index (χ4n) is 4.03. The molecule has 0 fully saturated rings. The number of nitrogens with one attached hydrogen (secondary N) is 1. The van der Waals surface area contributed by atoms with Crippen molar-refractivity contribution in [3.8, 4) is 5.75 Å². The van der Waals surface area contributed by atoms with Crippen LogP contribution in [0.25, 0.3) is 0 Å². The van der Waals surface area contributed by atoms with Crippen molar-refractivity contribution in [1.82, 2.24) is 5.43 Å². The highest BCUT2D eigenvalue weighted by Crippen LogP contribution is 2.47. The first kappa shape index (κ1) is 22.7. The molecule has 0 unspecified atom stereocenters. The van der Waals surface area contributed by atoms with Crippen molar-refractivity contribution in [2.45, 2.75) is 16.2 Å². The van der Waals surface area contributed by atoms with Crippen LogP contribution in [0.5, 0.6) is 5.75 Å². The molecule has 1 aliphatic rings. The summed E-state index contributed by atoms with van der Waals surface area (Å²) in [6.45, 7) is 0.0712. The minimum absolute atomic E-state index is 0.0669. The molecule has 35 heavy (non-hydrogen) atoms. The first-order chi connectivity index (χ1) is 17.2. The highest BCUT2D eigenvalue weighted by atomic mass is 32.2. The van der Waals surface area contributed by atoms with Gasteiger partial charge in [-0.1, -0.05) is 66.4 Å². The number of carbonyl (C=O) groups excluding carboxylic acids is 1. The molecule has 0 atom stereocenters. The van der Waals surface area contributed by atoms with E-state index in [1.807, 2.05) is 91.0 Å². The molecule has 0 spiro atoms. The van der Waals surface area contributed by atoms with E-state index in [0.29, 0.717) is 6.42 Å². The third-order valence-corrected chi connectivity index (χ3v) is 6.89. The van der Waals surface area contributed by atoms with Crippen LogP contribution >= 0.6 is 11.8 Å². The largest absolute Gasteiger partial charge is 0.497 e. The van der Waals surface area contributed by atoms with Crippen molar-refractivity contribution >= 4 is 34.8 Å². The smallest absolute Gasteiger partial charge is 0.252 e. The molecule has 0 aromatic heterocycles. The predicted molar refractivity (Wildman–Crippen MR) is 142 cm³/mol. The van der Waals surface area contributed by atoms with Gasteiger partial charge in [0.1, 0.15) is 12.3 Å². The highest BCUT2D eigenvalue weighted by molar-refractivity contribution is 7.99. The van der Waals surface area contributed by atoms with Crippen LogP contribution in [0.4, 0.5) is 11.4 Å². The number of methoxy groups -OCH3 is 1. The molecule has 4 aromatic carbocycles. The molecule has 174 valence electrons. The Labute approximate surface area is 209 Å². The number of rotatable bonds is 7. The molecule has 0 aliphatic carbocycles. The Balaban J connectivity index is 1.39. The zero-order valence-corrected chi connectivity index (χ0v) is 20.2. The lowest BCUT2D eigenvalue weighted by Gasteiger charge is -2.31. The van der Waals surface area contributed by atoms with E-state index in [4.69, 9.17) is 4.74 Å². The summed E-state index contributed by atoms with van der Waals surface area (Å²) < 4.78 is 5.30. The van der Waals surface area contributed by atoms with Crippen LogP contribution in [0.15, 0.2) is 118 Å². The van der Waals surface area contributed by atoms with Crippen molar-refractivity contribution in [1.29, 1.82) is 0 Å². The summed E-state index contributed by atoms with van der Waals surface area (Å²) in [4.78, 5) is 17.4. The van der Waals surface area contributed by atoms with E-state index >= 15 is 0 Å². The third-order valence-electron chi connectivity index (χ3n) is 5.76. The van der Waals surface area contributed by atoms with Crippen LogP contribution in [0, 0.1) is 0 Å². The van der Waals surface area contributed by atoms with Gasteiger partial charge in [0, 0.05) is 16.2 Å². The normalized spacial score (nSPS) is 12.5. The van der Waals surface area contributed by atoms with Gasteiger partial charge in [-0.15, -0.1) is 0 Å². The first-order valence-electron chi connectivity index (χ1n) is 11.4. The maximum Gasteiger partial charge on any atom is 0.252 e. The van der Waals surface area contributed by atoms with Gasteiger partial charge in [0.25, 0.3) is 5.91 Å². The lowest BCUT2D eigenvalue weighted by atomic mass is 10.0. The van der Waals surface area contributed by atoms with Crippen LogP contribution in [0.2, 0.25) is 0 Å². The molecule has 0 bridgehead atoms. The van der Waals surface area contributed by atoms with E-state index in [0.717, 1.165) is 43.8 Å². The standard InChI is InChI=1S/C29H25N3O2S/c1-34-23-17-15-22(16-18-23)24(19-21-9-3-2-4-10-21)31-30-20-29(33)32-25-11-5-7-13-27(25)35-28-14-8-6-12-26(28)32/h2-18,30H,19-20H2,1H3/b31-24+. The molecule has 1 N–H and O–H groups in total. The average Bonchev–Trinajstić information content (AvgIpc) is 2.91. The second kappa shape index (κ2) is 10.5. The Morgan fingerprint density at radius 1 is 0.829 bits per heavy atom. The summed E-state index contributed by atoms with van der Waals surface area (Å²) in [5.74, 6) is 0.721. The van der Waals surface area contributed by atoms with Crippen molar-refractivity contribution in [3.63, 3.8) is 0 Å². The Hall–Kier alpha value is -4.03. The molecular weight excluding hydrogens is 454 g/mol. The summed E-state index contributed by atoms with van der Waals surface area (Å²) >= 11 is 1.68. The maximum absolute atomic E-state index is 13.5. The average molecular weight is 480 g/mol. The molecule has 0 saturated heterocycles. The number of hydrogen-bond donors (Lipinski definition) is 1. The number of benzene rings is 4. The number of amides is 1. The van der Waals surface area contributed by atoms with Gasteiger partial charge in [-0.05, 0) is 59.7 Å².